The SMILES string of the molecule is CNS(C)(=O)=O.[LiH]. The van der Waals surface area contributed by atoms with Crippen LogP contribution in [0.15, 0.2) is 0 Å². The Labute approximate surface area is 55.7 Å². The molecular weight excluding hydrogens is 109 g/mol. The molecule has 7 heavy (non-hydrogen) atoms. The van der Waals surface area contributed by atoms with E-state index in [0.717, 1.165) is 6.26 Å². The summed E-state index contributed by atoms with van der Waals surface area (Å²) in [7, 11) is -1.54. The van der Waals surface area contributed by atoms with E-state index in [4.69, 9.17) is 0 Å². The van der Waals surface area contributed by atoms with Gasteiger partial charge in [0.1, 0.15) is 0 Å². The summed E-state index contributed by atoms with van der Waals surface area (Å²) >= 11 is 0. The van der Waals surface area contributed by atoms with Gasteiger partial charge in [-0.15, -0.1) is 0 Å². The molecule has 1 N–H and O–H groups in total. The van der Waals surface area contributed by atoms with Gasteiger partial charge in [0, 0.05) is 0 Å². The fourth-order valence-corrected chi connectivity index (χ4v) is 0. The summed E-state index contributed by atoms with van der Waals surface area (Å²) in [6, 6.07) is 0. The second-order valence-electron chi connectivity index (χ2n) is 0.976. The third-order valence-electron chi connectivity index (χ3n) is 0.371. The van der Waals surface area contributed by atoms with Crippen molar-refractivity contribution >= 4 is 28.9 Å². The van der Waals surface area contributed by atoms with Crippen LogP contribution < -0.4 is 4.72 Å². The normalized spacial score (nSPS) is 10.0. The Morgan fingerprint density at radius 1 is 1.43 bits per heavy atom. The first-order chi connectivity index (χ1) is 2.56. The van der Waals surface area contributed by atoms with Crippen molar-refractivity contribution in [3.63, 3.8) is 0 Å². The van der Waals surface area contributed by atoms with Crippen molar-refractivity contribution in [1.29, 1.82) is 0 Å². The van der Waals surface area contributed by atoms with E-state index in [-0.39, 0.29) is 18.9 Å². The zero-order chi connectivity index (χ0) is 5.21. The summed E-state index contributed by atoms with van der Waals surface area (Å²) in [6.07, 6.45) is 1.10. The van der Waals surface area contributed by atoms with Gasteiger partial charge in [-0.3, -0.25) is 0 Å². The molecule has 0 saturated heterocycles. The molecule has 5 heteroatoms. The van der Waals surface area contributed by atoms with Crippen molar-refractivity contribution in [3.8, 4) is 0 Å². The molecule has 0 amide bonds. The van der Waals surface area contributed by atoms with Gasteiger partial charge in [-0.2, -0.15) is 0 Å². The van der Waals surface area contributed by atoms with Gasteiger partial charge >= 0.3 is 18.9 Å². The van der Waals surface area contributed by atoms with Crippen molar-refractivity contribution in [1.82, 2.24) is 4.72 Å². The van der Waals surface area contributed by atoms with E-state index in [0.29, 0.717) is 0 Å². The predicted molar refractivity (Wildman–Crippen MR) is 31.1 cm³/mol. The minimum atomic E-state index is -2.91. The van der Waals surface area contributed by atoms with Crippen LogP contribution in [-0.4, -0.2) is 40.6 Å². The molecule has 40 valence electrons. The van der Waals surface area contributed by atoms with Gasteiger partial charge in [0.2, 0.25) is 10.0 Å². The monoisotopic (exact) mass is 117 g/mol. The van der Waals surface area contributed by atoms with E-state index in [1.54, 1.807) is 0 Å². The molecule has 0 aliphatic heterocycles. The molecule has 0 radical (unpaired) electrons. The average molecular weight is 117 g/mol. The Kier molecular flexibility index (Phi) is 5.24. The fourth-order valence-electron chi connectivity index (χ4n) is 0. The standard InChI is InChI=1S/C2H7NO2S.Li.H/c1-3-6(2,4)5;;/h3H,1-2H3;;. The van der Waals surface area contributed by atoms with Crippen molar-refractivity contribution in [2.75, 3.05) is 13.3 Å². The van der Waals surface area contributed by atoms with Crippen LogP contribution in [0, 0.1) is 0 Å². The van der Waals surface area contributed by atoms with Crippen LogP contribution in [0.2, 0.25) is 0 Å². The molecule has 0 aromatic carbocycles. The summed E-state index contributed by atoms with van der Waals surface area (Å²) in [4.78, 5) is 0. The van der Waals surface area contributed by atoms with Gasteiger partial charge < -0.3 is 0 Å². The Hall–Kier alpha value is 0.507. The van der Waals surface area contributed by atoms with Crippen LogP contribution >= 0.6 is 0 Å². The van der Waals surface area contributed by atoms with Crippen LogP contribution in [0.25, 0.3) is 0 Å². The zero-order valence-corrected chi connectivity index (χ0v) is 4.54. The van der Waals surface area contributed by atoms with E-state index in [9.17, 15) is 8.42 Å². The Bertz CT molecular complexity index is 118. The first kappa shape index (κ1) is 10.5. The van der Waals surface area contributed by atoms with Gasteiger partial charge in [0.15, 0.2) is 0 Å². The fraction of sp³-hybridized carbons (Fsp3) is 1.00. The molecule has 0 spiro atoms. The van der Waals surface area contributed by atoms with E-state index in [1.807, 2.05) is 0 Å². The topological polar surface area (TPSA) is 46.2 Å². The molecule has 3 nitrogen and oxygen atoms in total. The van der Waals surface area contributed by atoms with Crippen molar-refractivity contribution in [2.24, 2.45) is 0 Å². The van der Waals surface area contributed by atoms with E-state index < -0.39 is 10.0 Å². The Morgan fingerprint density at radius 3 is 1.57 bits per heavy atom. The minimum absolute atomic E-state index is 0. The molecule has 0 rings (SSSR count). The molecule has 0 fully saturated rings. The Balaban J connectivity index is 0. The maximum absolute atomic E-state index is 9.89. The van der Waals surface area contributed by atoms with Gasteiger partial charge in [0.25, 0.3) is 0 Å². The van der Waals surface area contributed by atoms with Crippen LogP contribution in [0.1, 0.15) is 0 Å². The number of nitrogens with one attached hydrogen (secondary N) is 1. The molecule has 0 aromatic rings. The molecule has 0 heterocycles. The quantitative estimate of drug-likeness (QED) is 0.425. The number of rotatable bonds is 1. The summed E-state index contributed by atoms with van der Waals surface area (Å²) in [5.74, 6) is 0. The molecular formula is C2H8LiNO2S. The second kappa shape index (κ2) is 3.50. The summed E-state index contributed by atoms with van der Waals surface area (Å²) in [5.41, 5.74) is 0. The van der Waals surface area contributed by atoms with Gasteiger partial charge in [-0.1, -0.05) is 0 Å². The third kappa shape index (κ3) is 10.7. The number of sulfonamides is 1. The molecule has 0 unspecified atom stereocenters. The average Bonchev–Trinajstić information content (AvgIpc) is 1.35. The third-order valence-corrected chi connectivity index (χ3v) is 1.11. The Morgan fingerprint density at radius 2 is 1.57 bits per heavy atom. The zero-order valence-electron chi connectivity index (χ0n) is 3.72. The van der Waals surface area contributed by atoms with Crippen LogP contribution in [0.3, 0.4) is 0 Å². The van der Waals surface area contributed by atoms with E-state index in [2.05, 4.69) is 4.72 Å². The molecule has 0 saturated carbocycles. The molecule has 0 aromatic heterocycles. The summed E-state index contributed by atoms with van der Waals surface area (Å²) in [6.45, 7) is 0. The maximum atomic E-state index is 9.89. The number of hydrogen-bond donors (Lipinski definition) is 1. The first-order valence-electron chi connectivity index (χ1n) is 1.45. The van der Waals surface area contributed by atoms with Crippen LogP contribution in [0.4, 0.5) is 0 Å². The van der Waals surface area contributed by atoms with Crippen LogP contribution in [0.5, 0.6) is 0 Å². The number of hydrogen-bond acceptors (Lipinski definition) is 2. The van der Waals surface area contributed by atoms with Crippen molar-refractivity contribution in [2.45, 2.75) is 0 Å². The summed E-state index contributed by atoms with van der Waals surface area (Å²) < 4.78 is 21.9. The summed E-state index contributed by atoms with van der Waals surface area (Å²) in [5, 5.41) is 0. The molecule has 0 aliphatic carbocycles. The molecule has 0 aliphatic rings. The van der Waals surface area contributed by atoms with Crippen molar-refractivity contribution < 1.29 is 8.42 Å². The molecule has 0 bridgehead atoms. The second-order valence-corrected chi connectivity index (χ2v) is 2.93. The first-order valence-corrected chi connectivity index (χ1v) is 3.34. The van der Waals surface area contributed by atoms with E-state index >= 15 is 0 Å². The van der Waals surface area contributed by atoms with E-state index in [1.165, 1.54) is 7.05 Å². The van der Waals surface area contributed by atoms with Crippen LogP contribution in [-0.2, 0) is 10.0 Å². The van der Waals surface area contributed by atoms with Gasteiger partial charge in [-0.25, -0.2) is 13.1 Å². The van der Waals surface area contributed by atoms with Crippen molar-refractivity contribution in [3.05, 3.63) is 0 Å². The van der Waals surface area contributed by atoms with Gasteiger partial charge in [-0.05, 0) is 7.05 Å². The predicted octanol–water partition coefficient (Wildman–Crippen LogP) is -1.48. The van der Waals surface area contributed by atoms with Gasteiger partial charge in [0.05, 0.1) is 6.26 Å². The molecule has 0 atom stereocenters.